The molecule has 2 aromatic carbocycles. The zero-order valence-electron chi connectivity index (χ0n) is 13.1. The molecule has 1 aromatic heterocycles. The maximum absolute atomic E-state index is 14.1. The van der Waals surface area contributed by atoms with Gasteiger partial charge in [-0.3, -0.25) is 0 Å². The van der Waals surface area contributed by atoms with Crippen LogP contribution in [0.2, 0.25) is 0 Å². The number of nitrogens with zero attached hydrogens (tertiary/aromatic N) is 3. The molecule has 0 saturated heterocycles. The van der Waals surface area contributed by atoms with E-state index in [4.69, 9.17) is 5.14 Å². The molecule has 2 N–H and O–H groups in total. The van der Waals surface area contributed by atoms with Crippen LogP contribution in [-0.4, -0.2) is 23.2 Å². The van der Waals surface area contributed by atoms with Crippen molar-refractivity contribution < 1.29 is 30.4 Å². The highest BCUT2D eigenvalue weighted by atomic mass is 32.2. The molecule has 0 unspecified atom stereocenters. The molecule has 12 heteroatoms. The largest absolute Gasteiger partial charge is 0.453 e. The maximum atomic E-state index is 14.1. The number of rotatable bonds is 3. The summed E-state index contributed by atoms with van der Waals surface area (Å²) in [6, 6.07) is 6.61. The second kappa shape index (κ2) is 6.39. The lowest BCUT2D eigenvalue weighted by molar-refractivity contribution is -0.144. The summed E-state index contributed by atoms with van der Waals surface area (Å²) < 4.78 is 89.4. The summed E-state index contributed by atoms with van der Waals surface area (Å²) in [4.78, 5) is 3.03. The van der Waals surface area contributed by atoms with Crippen LogP contribution in [0.4, 0.5) is 22.0 Å². The molecule has 0 aliphatic carbocycles. The second-order valence-electron chi connectivity index (χ2n) is 5.33. The highest BCUT2D eigenvalue weighted by Crippen LogP contribution is 2.31. The van der Waals surface area contributed by atoms with Crippen LogP contribution in [0.5, 0.6) is 0 Å². The minimum absolute atomic E-state index is 0.0378. The number of primary sulfonamides is 1. The summed E-state index contributed by atoms with van der Waals surface area (Å²) in [5.41, 5.74) is -0.459. The Morgan fingerprint density at radius 1 is 1.00 bits per heavy atom. The van der Waals surface area contributed by atoms with Gasteiger partial charge in [0.1, 0.15) is 11.6 Å². The Bertz CT molecular complexity index is 1110. The SMILES string of the molecule is NS(=O)(=O)c1ccc(-n2nc(C(F)(F)F)nc2-c2ccc(F)cc2F)cc1. The number of hydrogen-bond donors (Lipinski definition) is 1. The Hall–Kier alpha value is -2.86. The number of sulfonamides is 1. The number of aromatic nitrogens is 3. The predicted octanol–water partition coefficient (Wildman–Crippen LogP) is 2.88. The van der Waals surface area contributed by atoms with Crippen LogP contribution in [-0.2, 0) is 16.2 Å². The van der Waals surface area contributed by atoms with Gasteiger partial charge < -0.3 is 0 Å². The molecule has 142 valence electrons. The third-order valence-corrected chi connectivity index (χ3v) is 4.37. The zero-order valence-corrected chi connectivity index (χ0v) is 13.9. The molecule has 0 spiro atoms. The van der Waals surface area contributed by atoms with E-state index in [2.05, 4.69) is 10.1 Å². The van der Waals surface area contributed by atoms with Crippen molar-refractivity contribution in [3.63, 3.8) is 0 Å². The van der Waals surface area contributed by atoms with Crippen molar-refractivity contribution in [3.8, 4) is 17.1 Å². The summed E-state index contributed by atoms with van der Waals surface area (Å²) in [6.45, 7) is 0. The number of hydrogen-bond acceptors (Lipinski definition) is 4. The van der Waals surface area contributed by atoms with Gasteiger partial charge in [0.15, 0.2) is 5.82 Å². The minimum Gasteiger partial charge on any atom is -0.225 e. The Morgan fingerprint density at radius 2 is 1.63 bits per heavy atom. The molecule has 0 radical (unpaired) electrons. The van der Waals surface area contributed by atoms with Crippen LogP contribution in [0.1, 0.15) is 5.82 Å². The Balaban J connectivity index is 2.21. The molecule has 0 aliphatic rings. The van der Waals surface area contributed by atoms with Crippen molar-refractivity contribution in [1.82, 2.24) is 14.8 Å². The van der Waals surface area contributed by atoms with Crippen LogP contribution in [0.15, 0.2) is 47.4 Å². The van der Waals surface area contributed by atoms with E-state index >= 15 is 0 Å². The first-order valence-corrected chi connectivity index (χ1v) is 8.64. The van der Waals surface area contributed by atoms with Gasteiger partial charge >= 0.3 is 6.18 Å². The van der Waals surface area contributed by atoms with Crippen molar-refractivity contribution in [2.75, 3.05) is 0 Å². The molecule has 0 fully saturated rings. The van der Waals surface area contributed by atoms with E-state index in [9.17, 15) is 30.4 Å². The molecule has 0 atom stereocenters. The molecule has 1 heterocycles. The fourth-order valence-electron chi connectivity index (χ4n) is 2.23. The van der Waals surface area contributed by atoms with Gasteiger partial charge in [0.05, 0.1) is 16.1 Å². The molecule has 3 aromatic rings. The topological polar surface area (TPSA) is 90.9 Å². The Kier molecular flexibility index (Phi) is 4.48. The van der Waals surface area contributed by atoms with E-state index in [1.165, 1.54) is 0 Å². The highest BCUT2D eigenvalue weighted by Gasteiger charge is 2.37. The standard InChI is InChI=1S/C15H9F5N4O2S/c16-8-1-6-11(12(17)7-8)13-22-14(15(18,19)20)23-24(13)9-2-4-10(5-3-9)27(21,25)26/h1-7H,(H2,21,25,26). The van der Waals surface area contributed by atoms with E-state index < -0.39 is 45.0 Å². The number of benzene rings is 2. The fraction of sp³-hybridized carbons (Fsp3) is 0.0667. The number of nitrogens with two attached hydrogens (primary N) is 1. The third kappa shape index (κ3) is 3.80. The van der Waals surface area contributed by atoms with E-state index in [1.54, 1.807) is 0 Å². The first kappa shape index (κ1) is 18.9. The molecule has 0 bridgehead atoms. The smallest absolute Gasteiger partial charge is 0.225 e. The lowest BCUT2D eigenvalue weighted by Gasteiger charge is -2.07. The molecular weight excluding hydrogens is 395 g/mol. The van der Waals surface area contributed by atoms with Gasteiger partial charge in [0, 0.05) is 6.07 Å². The Morgan fingerprint density at radius 3 is 2.15 bits per heavy atom. The van der Waals surface area contributed by atoms with Gasteiger partial charge in [-0.1, -0.05) is 0 Å². The van der Waals surface area contributed by atoms with Crippen LogP contribution in [0.3, 0.4) is 0 Å². The van der Waals surface area contributed by atoms with Crippen LogP contribution in [0, 0.1) is 11.6 Å². The minimum atomic E-state index is -4.92. The molecule has 6 nitrogen and oxygen atoms in total. The number of alkyl halides is 3. The third-order valence-electron chi connectivity index (χ3n) is 3.44. The van der Waals surface area contributed by atoms with Crippen molar-refractivity contribution in [2.24, 2.45) is 5.14 Å². The average molecular weight is 404 g/mol. The van der Waals surface area contributed by atoms with Gasteiger partial charge in [-0.15, -0.1) is 5.10 Å². The molecule has 0 aliphatic heterocycles. The molecular formula is C15H9F5N4O2S. The summed E-state index contributed by atoms with van der Waals surface area (Å²) in [5, 5.41) is 8.29. The summed E-state index contributed by atoms with van der Waals surface area (Å²) in [7, 11) is -4.02. The lowest BCUT2D eigenvalue weighted by atomic mass is 10.2. The van der Waals surface area contributed by atoms with Crippen molar-refractivity contribution >= 4 is 10.0 Å². The quantitative estimate of drug-likeness (QED) is 0.680. The van der Waals surface area contributed by atoms with Crippen molar-refractivity contribution in [1.29, 1.82) is 0 Å². The normalized spacial score (nSPS) is 12.4. The molecule has 27 heavy (non-hydrogen) atoms. The van der Waals surface area contributed by atoms with Gasteiger partial charge in [0.25, 0.3) is 5.82 Å². The summed E-state index contributed by atoms with van der Waals surface area (Å²) >= 11 is 0. The Labute approximate surface area is 149 Å². The molecule has 0 saturated carbocycles. The van der Waals surface area contributed by atoms with Gasteiger partial charge in [-0.25, -0.2) is 32.0 Å². The predicted molar refractivity (Wildman–Crippen MR) is 83.1 cm³/mol. The fourth-order valence-corrected chi connectivity index (χ4v) is 2.75. The van der Waals surface area contributed by atoms with Crippen LogP contribution in [0.25, 0.3) is 17.1 Å². The van der Waals surface area contributed by atoms with Gasteiger partial charge in [-0.05, 0) is 36.4 Å². The van der Waals surface area contributed by atoms with E-state index in [0.717, 1.165) is 36.4 Å². The average Bonchev–Trinajstić information content (AvgIpc) is 2.99. The van der Waals surface area contributed by atoms with E-state index in [0.29, 0.717) is 10.7 Å². The maximum Gasteiger partial charge on any atom is 0.453 e. The lowest BCUT2D eigenvalue weighted by Crippen LogP contribution is -2.12. The van der Waals surface area contributed by atoms with Crippen LogP contribution >= 0.6 is 0 Å². The monoisotopic (exact) mass is 404 g/mol. The van der Waals surface area contributed by atoms with Crippen molar-refractivity contribution in [3.05, 3.63) is 59.9 Å². The van der Waals surface area contributed by atoms with Gasteiger partial charge in [0.2, 0.25) is 10.0 Å². The highest BCUT2D eigenvalue weighted by molar-refractivity contribution is 7.89. The second-order valence-corrected chi connectivity index (χ2v) is 6.89. The van der Waals surface area contributed by atoms with Crippen LogP contribution < -0.4 is 5.14 Å². The molecule has 3 rings (SSSR count). The molecule has 0 amide bonds. The van der Waals surface area contributed by atoms with Gasteiger partial charge in [-0.2, -0.15) is 13.2 Å². The number of halogens is 5. The zero-order chi connectivity index (χ0) is 20.0. The first-order valence-electron chi connectivity index (χ1n) is 7.10. The summed E-state index contributed by atoms with van der Waals surface area (Å²) in [5.74, 6) is -4.14. The van der Waals surface area contributed by atoms with Crippen molar-refractivity contribution in [2.45, 2.75) is 11.1 Å². The first-order chi connectivity index (χ1) is 12.5. The summed E-state index contributed by atoms with van der Waals surface area (Å²) in [6.07, 6.45) is -4.92. The van der Waals surface area contributed by atoms with E-state index in [1.807, 2.05) is 0 Å². The van der Waals surface area contributed by atoms with E-state index in [-0.39, 0.29) is 10.6 Å².